The van der Waals surface area contributed by atoms with Crippen molar-refractivity contribution in [3.05, 3.63) is 12.2 Å². The first kappa shape index (κ1) is 66.2. The molecular weight excluding hydrogens is 841 g/mol. The van der Waals surface area contributed by atoms with Gasteiger partial charge in [0.1, 0.15) is 13.2 Å². The number of hydrogen-bond donors (Lipinski definition) is 0. The van der Waals surface area contributed by atoms with Gasteiger partial charge in [-0.15, -0.1) is 0 Å². The summed E-state index contributed by atoms with van der Waals surface area (Å²) in [5.74, 6) is -0.848. The van der Waals surface area contributed by atoms with E-state index in [1.54, 1.807) is 0 Å². The summed E-state index contributed by atoms with van der Waals surface area (Å²) in [6.07, 6.45) is 66.4. The summed E-state index contributed by atoms with van der Waals surface area (Å²) in [4.78, 5) is 38.2. The van der Waals surface area contributed by atoms with Crippen LogP contribution in [-0.2, 0) is 28.6 Å². The van der Waals surface area contributed by atoms with Crippen LogP contribution in [0.3, 0.4) is 0 Å². The van der Waals surface area contributed by atoms with Crippen LogP contribution >= 0.6 is 0 Å². The molecule has 0 rings (SSSR count). The summed E-state index contributed by atoms with van der Waals surface area (Å²) in [6, 6.07) is 0. The lowest BCUT2D eigenvalue weighted by Gasteiger charge is -2.18. The van der Waals surface area contributed by atoms with Crippen molar-refractivity contribution in [1.29, 1.82) is 0 Å². The van der Waals surface area contributed by atoms with Crippen molar-refractivity contribution in [3.8, 4) is 0 Å². The predicted octanol–water partition coefficient (Wildman–Crippen LogP) is 20.5. The Balaban J connectivity index is 4.25. The van der Waals surface area contributed by atoms with Crippen molar-refractivity contribution in [2.24, 2.45) is 0 Å². The van der Waals surface area contributed by atoms with Crippen molar-refractivity contribution in [3.63, 3.8) is 0 Å². The highest BCUT2D eigenvalue weighted by molar-refractivity contribution is 5.71. The maximum Gasteiger partial charge on any atom is 0.306 e. The molecule has 0 heterocycles. The zero-order valence-electron chi connectivity index (χ0n) is 46.2. The van der Waals surface area contributed by atoms with Crippen molar-refractivity contribution in [2.45, 2.75) is 354 Å². The second kappa shape index (κ2) is 57.7. The van der Waals surface area contributed by atoms with Crippen LogP contribution < -0.4 is 0 Å². The fourth-order valence-electron chi connectivity index (χ4n) is 9.38. The molecule has 0 bridgehead atoms. The van der Waals surface area contributed by atoms with Gasteiger partial charge in [0.2, 0.25) is 0 Å². The molecule has 0 N–H and O–H groups in total. The monoisotopic (exact) mass is 959 g/mol. The Hall–Kier alpha value is -1.85. The first-order valence-corrected chi connectivity index (χ1v) is 30.7. The minimum absolute atomic E-state index is 0.0662. The van der Waals surface area contributed by atoms with E-state index in [9.17, 15) is 14.4 Å². The van der Waals surface area contributed by atoms with E-state index in [2.05, 4.69) is 32.9 Å². The molecule has 0 saturated carbocycles. The van der Waals surface area contributed by atoms with Gasteiger partial charge in [-0.2, -0.15) is 0 Å². The van der Waals surface area contributed by atoms with E-state index in [-0.39, 0.29) is 31.1 Å². The van der Waals surface area contributed by atoms with E-state index >= 15 is 0 Å². The number of carbonyl (C=O) groups is 3. The molecule has 6 heteroatoms. The summed E-state index contributed by atoms with van der Waals surface area (Å²) >= 11 is 0. The third-order valence-electron chi connectivity index (χ3n) is 14.0. The molecule has 0 spiro atoms. The summed E-state index contributed by atoms with van der Waals surface area (Å²) in [6.45, 7) is 6.68. The highest BCUT2D eigenvalue weighted by Crippen LogP contribution is 2.18. The molecule has 1 unspecified atom stereocenters. The van der Waals surface area contributed by atoms with Gasteiger partial charge in [-0.1, -0.05) is 296 Å². The summed E-state index contributed by atoms with van der Waals surface area (Å²) < 4.78 is 16.9. The minimum Gasteiger partial charge on any atom is -0.462 e. The molecule has 0 aromatic rings. The van der Waals surface area contributed by atoms with Crippen molar-refractivity contribution < 1.29 is 28.6 Å². The van der Waals surface area contributed by atoms with E-state index in [0.29, 0.717) is 19.3 Å². The quantitative estimate of drug-likeness (QED) is 0.0262. The Morgan fingerprint density at radius 3 is 0.765 bits per heavy atom. The van der Waals surface area contributed by atoms with Crippen LogP contribution in [0.1, 0.15) is 348 Å². The van der Waals surface area contributed by atoms with E-state index in [1.807, 2.05) is 0 Å². The maximum atomic E-state index is 12.9. The van der Waals surface area contributed by atoms with Gasteiger partial charge in [-0.05, 0) is 44.9 Å². The molecule has 0 amide bonds. The van der Waals surface area contributed by atoms with Crippen LogP contribution in [0, 0.1) is 0 Å². The fourth-order valence-corrected chi connectivity index (χ4v) is 9.38. The summed E-state index contributed by atoms with van der Waals surface area (Å²) in [5, 5.41) is 0. The topological polar surface area (TPSA) is 78.9 Å². The number of carbonyl (C=O) groups excluding carboxylic acids is 3. The Labute approximate surface area is 424 Å². The molecule has 0 saturated heterocycles. The van der Waals surface area contributed by atoms with E-state index in [4.69, 9.17) is 14.2 Å². The van der Waals surface area contributed by atoms with Gasteiger partial charge >= 0.3 is 17.9 Å². The van der Waals surface area contributed by atoms with Crippen LogP contribution in [0.15, 0.2) is 12.2 Å². The molecule has 402 valence electrons. The van der Waals surface area contributed by atoms with Gasteiger partial charge in [-0.3, -0.25) is 14.4 Å². The van der Waals surface area contributed by atoms with Gasteiger partial charge < -0.3 is 14.2 Å². The molecule has 0 aliphatic heterocycles. The van der Waals surface area contributed by atoms with Gasteiger partial charge in [-0.25, -0.2) is 0 Å². The molecule has 0 aromatic heterocycles. The molecule has 6 nitrogen and oxygen atoms in total. The number of rotatable bonds is 57. The second-order valence-corrected chi connectivity index (χ2v) is 21.0. The van der Waals surface area contributed by atoms with Crippen LogP contribution in [0.4, 0.5) is 0 Å². The second-order valence-electron chi connectivity index (χ2n) is 21.0. The van der Waals surface area contributed by atoms with Crippen LogP contribution in [0.25, 0.3) is 0 Å². The first-order valence-electron chi connectivity index (χ1n) is 30.7. The molecule has 0 aliphatic rings. The average molecular weight is 960 g/mol. The molecule has 0 fully saturated rings. The standard InChI is InChI=1S/C62H118O6/c1-4-7-10-13-16-19-22-25-27-29-31-32-34-35-37-40-43-46-49-52-55-61(64)67-58-59(57-66-60(63)54-51-48-45-42-39-24-21-18-15-12-9-6-3)68-62(65)56-53-50-47-44-41-38-36-33-30-28-26-23-20-17-14-11-8-5-2/h18,21,59H,4-17,19-20,22-58H2,1-3H3/b21-18-. The van der Waals surface area contributed by atoms with Crippen molar-refractivity contribution >= 4 is 17.9 Å². The number of allylic oxidation sites excluding steroid dienone is 2. The number of hydrogen-bond acceptors (Lipinski definition) is 6. The number of esters is 3. The van der Waals surface area contributed by atoms with Crippen LogP contribution in [0.2, 0.25) is 0 Å². The Morgan fingerprint density at radius 2 is 0.485 bits per heavy atom. The Morgan fingerprint density at radius 1 is 0.279 bits per heavy atom. The van der Waals surface area contributed by atoms with E-state index < -0.39 is 6.10 Å². The highest BCUT2D eigenvalue weighted by Gasteiger charge is 2.19. The summed E-state index contributed by atoms with van der Waals surface area (Å²) in [7, 11) is 0. The molecule has 1 atom stereocenters. The lowest BCUT2D eigenvalue weighted by molar-refractivity contribution is -0.167. The molecular formula is C62H118O6. The molecule has 0 aliphatic carbocycles. The molecule has 0 aromatic carbocycles. The first-order chi connectivity index (χ1) is 33.5. The van der Waals surface area contributed by atoms with Gasteiger partial charge in [0.05, 0.1) is 0 Å². The Kier molecular flexibility index (Phi) is 56.2. The van der Waals surface area contributed by atoms with Crippen LogP contribution in [-0.4, -0.2) is 37.2 Å². The molecule has 68 heavy (non-hydrogen) atoms. The smallest absolute Gasteiger partial charge is 0.306 e. The number of unbranched alkanes of at least 4 members (excludes halogenated alkanes) is 44. The zero-order chi connectivity index (χ0) is 49.3. The normalized spacial score (nSPS) is 12.0. The van der Waals surface area contributed by atoms with Gasteiger partial charge in [0, 0.05) is 19.3 Å². The largest absolute Gasteiger partial charge is 0.462 e. The molecule has 0 radical (unpaired) electrons. The van der Waals surface area contributed by atoms with Gasteiger partial charge in [0.15, 0.2) is 6.10 Å². The summed E-state index contributed by atoms with van der Waals surface area (Å²) in [5.41, 5.74) is 0. The third kappa shape index (κ3) is 55.1. The SMILES string of the molecule is CCCCC/C=C\CCCCCCCC(=O)OCC(COC(=O)CCCCCCCCCCCCCCCCCCCCCC)OC(=O)CCCCCCCCCCCCCCCCCCCC. The van der Waals surface area contributed by atoms with Crippen molar-refractivity contribution in [1.82, 2.24) is 0 Å². The lowest BCUT2D eigenvalue weighted by atomic mass is 10.0. The fraction of sp³-hybridized carbons (Fsp3) is 0.919. The lowest BCUT2D eigenvalue weighted by Crippen LogP contribution is -2.30. The minimum atomic E-state index is -0.768. The highest BCUT2D eigenvalue weighted by atomic mass is 16.6. The Bertz CT molecular complexity index is 1060. The van der Waals surface area contributed by atoms with Gasteiger partial charge in [0.25, 0.3) is 0 Å². The van der Waals surface area contributed by atoms with Crippen molar-refractivity contribution in [2.75, 3.05) is 13.2 Å². The van der Waals surface area contributed by atoms with E-state index in [0.717, 1.165) is 64.2 Å². The third-order valence-corrected chi connectivity index (χ3v) is 14.0. The maximum absolute atomic E-state index is 12.9. The van der Waals surface area contributed by atoms with E-state index in [1.165, 1.54) is 244 Å². The van der Waals surface area contributed by atoms with Crippen LogP contribution in [0.5, 0.6) is 0 Å². The predicted molar refractivity (Wildman–Crippen MR) is 293 cm³/mol. The zero-order valence-corrected chi connectivity index (χ0v) is 46.2. The number of ether oxygens (including phenoxy) is 3. The average Bonchev–Trinajstić information content (AvgIpc) is 3.34.